The molecule has 0 aromatic heterocycles. The smallest absolute Gasteiger partial charge is 0.326 e. The summed E-state index contributed by atoms with van der Waals surface area (Å²) in [5.41, 5.74) is 6.30. The standard InChI is InChI=1S/C12H16N2O4/c1-3-9(12(16)17)14-11(15)8-5-4-7(13)6-10(8)18-2/h4-6,9H,3,13H2,1-2H3,(H,14,15)(H,16,17). The Morgan fingerprint density at radius 3 is 2.67 bits per heavy atom. The molecule has 0 aliphatic carbocycles. The number of hydrogen-bond acceptors (Lipinski definition) is 4. The Bertz CT molecular complexity index is 459. The fourth-order valence-corrected chi connectivity index (χ4v) is 1.47. The number of carboxylic acid groups (broad SMARTS) is 1. The summed E-state index contributed by atoms with van der Waals surface area (Å²) in [6.07, 6.45) is 0.304. The van der Waals surface area contributed by atoms with Gasteiger partial charge in [0, 0.05) is 11.8 Å². The highest BCUT2D eigenvalue weighted by molar-refractivity contribution is 5.99. The van der Waals surface area contributed by atoms with Crippen LogP contribution in [0.5, 0.6) is 5.75 Å². The quantitative estimate of drug-likeness (QED) is 0.675. The third-order valence-corrected chi connectivity index (χ3v) is 2.48. The molecule has 0 spiro atoms. The first-order valence-corrected chi connectivity index (χ1v) is 5.46. The van der Waals surface area contributed by atoms with E-state index in [0.717, 1.165) is 0 Å². The molecule has 98 valence electrons. The molecule has 6 heteroatoms. The summed E-state index contributed by atoms with van der Waals surface area (Å²) < 4.78 is 5.03. The zero-order valence-corrected chi connectivity index (χ0v) is 10.3. The Balaban J connectivity index is 2.93. The lowest BCUT2D eigenvalue weighted by atomic mass is 10.1. The number of nitrogen functional groups attached to an aromatic ring is 1. The number of carbonyl (C=O) groups excluding carboxylic acids is 1. The van der Waals surface area contributed by atoms with E-state index in [-0.39, 0.29) is 5.56 Å². The Morgan fingerprint density at radius 1 is 1.50 bits per heavy atom. The molecule has 0 bridgehead atoms. The van der Waals surface area contributed by atoms with E-state index in [4.69, 9.17) is 15.6 Å². The molecule has 1 amide bonds. The molecule has 1 atom stereocenters. The number of hydrogen-bond donors (Lipinski definition) is 3. The van der Waals surface area contributed by atoms with Crippen LogP contribution in [0.4, 0.5) is 5.69 Å². The number of benzene rings is 1. The molecule has 0 heterocycles. The number of amides is 1. The van der Waals surface area contributed by atoms with Gasteiger partial charge in [0.15, 0.2) is 0 Å². The molecule has 0 saturated carbocycles. The van der Waals surface area contributed by atoms with Gasteiger partial charge in [0.25, 0.3) is 5.91 Å². The van der Waals surface area contributed by atoms with Crippen LogP contribution in [0.3, 0.4) is 0 Å². The molecule has 1 aromatic carbocycles. The largest absolute Gasteiger partial charge is 0.496 e. The highest BCUT2D eigenvalue weighted by atomic mass is 16.5. The van der Waals surface area contributed by atoms with Crippen molar-refractivity contribution in [2.75, 3.05) is 12.8 Å². The van der Waals surface area contributed by atoms with Gasteiger partial charge in [-0.15, -0.1) is 0 Å². The van der Waals surface area contributed by atoms with Crippen molar-refractivity contribution in [2.45, 2.75) is 19.4 Å². The number of carbonyl (C=O) groups is 2. The van der Waals surface area contributed by atoms with Crippen LogP contribution in [-0.4, -0.2) is 30.1 Å². The van der Waals surface area contributed by atoms with Gasteiger partial charge in [-0.05, 0) is 18.6 Å². The molecule has 1 aromatic rings. The molecule has 1 rings (SSSR count). The van der Waals surface area contributed by atoms with E-state index >= 15 is 0 Å². The van der Waals surface area contributed by atoms with Crippen LogP contribution in [0.1, 0.15) is 23.7 Å². The fraction of sp³-hybridized carbons (Fsp3) is 0.333. The Kier molecular flexibility index (Phi) is 4.53. The lowest BCUT2D eigenvalue weighted by molar-refractivity contribution is -0.139. The van der Waals surface area contributed by atoms with Gasteiger partial charge in [0.05, 0.1) is 12.7 Å². The van der Waals surface area contributed by atoms with Crippen molar-refractivity contribution in [1.29, 1.82) is 0 Å². The van der Waals surface area contributed by atoms with Gasteiger partial charge < -0.3 is 20.9 Å². The minimum atomic E-state index is -1.07. The van der Waals surface area contributed by atoms with Crippen molar-refractivity contribution in [3.05, 3.63) is 23.8 Å². The molecule has 1 unspecified atom stereocenters. The zero-order chi connectivity index (χ0) is 13.7. The molecule has 18 heavy (non-hydrogen) atoms. The van der Waals surface area contributed by atoms with Gasteiger partial charge in [-0.25, -0.2) is 4.79 Å². The Morgan fingerprint density at radius 2 is 2.17 bits per heavy atom. The van der Waals surface area contributed by atoms with Crippen LogP contribution in [0.15, 0.2) is 18.2 Å². The van der Waals surface area contributed by atoms with E-state index in [1.54, 1.807) is 13.0 Å². The van der Waals surface area contributed by atoms with Gasteiger partial charge in [-0.2, -0.15) is 0 Å². The molecular formula is C12H16N2O4. The maximum Gasteiger partial charge on any atom is 0.326 e. The second-order valence-corrected chi connectivity index (χ2v) is 3.73. The third-order valence-electron chi connectivity index (χ3n) is 2.48. The molecule has 0 saturated heterocycles. The minimum Gasteiger partial charge on any atom is -0.496 e. The van der Waals surface area contributed by atoms with Gasteiger partial charge in [-0.3, -0.25) is 4.79 Å². The van der Waals surface area contributed by atoms with Crippen molar-refractivity contribution in [2.24, 2.45) is 0 Å². The first-order valence-electron chi connectivity index (χ1n) is 5.46. The predicted molar refractivity (Wildman–Crippen MR) is 66.6 cm³/mol. The minimum absolute atomic E-state index is 0.256. The Labute approximate surface area is 105 Å². The lowest BCUT2D eigenvalue weighted by Crippen LogP contribution is -2.40. The van der Waals surface area contributed by atoms with Gasteiger partial charge in [-0.1, -0.05) is 6.92 Å². The number of carboxylic acids is 1. The van der Waals surface area contributed by atoms with E-state index in [2.05, 4.69) is 5.32 Å². The second-order valence-electron chi connectivity index (χ2n) is 3.73. The van der Waals surface area contributed by atoms with Crippen LogP contribution in [0.25, 0.3) is 0 Å². The summed E-state index contributed by atoms with van der Waals surface area (Å²) in [6.45, 7) is 1.68. The lowest BCUT2D eigenvalue weighted by Gasteiger charge is -2.14. The van der Waals surface area contributed by atoms with E-state index in [9.17, 15) is 9.59 Å². The Hall–Kier alpha value is -2.24. The normalized spacial score (nSPS) is 11.7. The first-order chi connectivity index (χ1) is 8.49. The van der Waals surface area contributed by atoms with E-state index in [1.807, 2.05) is 0 Å². The van der Waals surface area contributed by atoms with Crippen LogP contribution >= 0.6 is 0 Å². The van der Waals surface area contributed by atoms with Crippen molar-refractivity contribution in [3.63, 3.8) is 0 Å². The maximum absolute atomic E-state index is 11.9. The molecule has 6 nitrogen and oxygen atoms in total. The maximum atomic E-state index is 11.9. The molecule has 0 aliphatic rings. The second kappa shape index (κ2) is 5.90. The molecular weight excluding hydrogens is 236 g/mol. The zero-order valence-electron chi connectivity index (χ0n) is 10.3. The van der Waals surface area contributed by atoms with Crippen molar-refractivity contribution >= 4 is 17.6 Å². The van der Waals surface area contributed by atoms with E-state index in [1.165, 1.54) is 19.2 Å². The number of rotatable bonds is 5. The van der Waals surface area contributed by atoms with E-state index in [0.29, 0.717) is 17.9 Å². The van der Waals surface area contributed by atoms with Crippen molar-refractivity contribution in [1.82, 2.24) is 5.32 Å². The number of nitrogens with two attached hydrogens (primary N) is 1. The van der Waals surface area contributed by atoms with Crippen LogP contribution in [0, 0.1) is 0 Å². The number of aliphatic carboxylic acids is 1. The molecule has 0 aliphatic heterocycles. The van der Waals surface area contributed by atoms with Crippen LogP contribution in [0.2, 0.25) is 0 Å². The third kappa shape index (κ3) is 3.13. The monoisotopic (exact) mass is 252 g/mol. The fourth-order valence-electron chi connectivity index (χ4n) is 1.47. The summed E-state index contributed by atoms with van der Waals surface area (Å²) in [5.74, 6) is -1.26. The van der Waals surface area contributed by atoms with Gasteiger partial charge >= 0.3 is 5.97 Å². The number of anilines is 1. The summed E-state index contributed by atoms with van der Waals surface area (Å²) >= 11 is 0. The van der Waals surface area contributed by atoms with Crippen molar-refractivity contribution < 1.29 is 19.4 Å². The molecule has 0 fully saturated rings. The molecule has 0 radical (unpaired) electrons. The molecule has 4 N–H and O–H groups in total. The van der Waals surface area contributed by atoms with Crippen molar-refractivity contribution in [3.8, 4) is 5.75 Å². The van der Waals surface area contributed by atoms with Gasteiger partial charge in [0.2, 0.25) is 0 Å². The van der Waals surface area contributed by atoms with Gasteiger partial charge in [0.1, 0.15) is 11.8 Å². The topological polar surface area (TPSA) is 102 Å². The predicted octanol–water partition coefficient (Wildman–Crippen LogP) is 0.870. The summed E-state index contributed by atoms with van der Waals surface area (Å²) in [4.78, 5) is 22.8. The highest BCUT2D eigenvalue weighted by Gasteiger charge is 2.20. The van der Waals surface area contributed by atoms with Crippen LogP contribution < -0.4 is 15.8 Å². The summed E-state index contributed by atoms with van der Waals surface area (Å²) in [5, 5.41) is 11.3. The first kappa shape index (κ1) is 13.8. The average Bonchev–Trinajstić information content (AvgIpc) is 2.34. The van der Waals surface area contributed by atoms with E-state index < -0.39 is 17.9 Å². The number of nitrogens with one attached hydrogen (secondary N) is 1. The highest BCUT2D eigenvalue weighted by Crippen LogP contribution is 2.21. The number of methoxy groups -OCH3 is 1. The average molecular weight is 252 g/mol. The summed E-state index contributed by atoms with van der Waals surface area (Å²) in [6, 6.07) is 3.65. The van der Waals surface area contributed by atoms with Crippen LogP contribution in [-0.2, 0) is 4.79 Å². The number of ether oxygens (including phenoxy) is 1. The SMILES string of the molecule is CCC(NC(=O)c1ccc(N)cc1OC)C(=O)O. The summed E-state index contributed by atoms with van der Waals surface area (Å²) in [7, 11) is 1.42.